The number of phenols is 1. The molecule has 29 heavy (non-hydrogen) atoms. The Bertz CT molecular complexity index is 819. The van der Waals surface area contributed by atoms with E-state index in [-0.39, 0.29) is 25.2 Å². The number of aromatic nitrogens is 1. The molecule has 2 aromatic rings. The molecule has 0 saturated heterocycles. The molecule has 2 rings (SSSR count). The third kappa shape index (κ3) is 6.20. The van der Waals surface area contributed by atoms with E-state index in [1.165, 1.54) is 7.11 Å². The van der Waals surface area contributed by atoms with Gasteiger partial charge in [-0.05, 0) is 44.4 Å². The average Bonchev–Trinajstić information content (AvgIpc) is 2.68. The van der Waals surface area contributed by atoms with Crippen molar-refractivity contribution in [2.75, 3.05) is 31.5 Å². The molecule has 0 spiro atoms. The first-order valence-corrected chi connectivity index (χ1v) is 11.5. The summed E-state index contributed by atoms with van der Waals surface area (Å²) in [5, 5.41) is 10.6. The van der Waals surface area contributed by atoms with Crippen molar-refractivity contribution in [3.8, 4) is 11.5 Å². The van der Waals surface area contributed by atoms with Gasteiger partial charge >= 0.3 is 7.60 Å². The fraction of sp³-hybridized carbons (Fsp3) is 0.476. The summed E-state index contributed by atoms with van der Waals surface area (Å²) in [6.45, 7) is 8.27. The average molecular weight is 422 g/mol. The largest absolute Gasteiger partial charge is 0.504 e. The topological polar surface area (TPSA) is 81.1 Å². The maximum Gasteiger partial charge on any atom is 0.350 e. The molecule has 1 aromatic carbocycles. The zero-order valence-electron chi connectivity index (χ0n) is 17.8. The monoisotopic (exact) mass is 422 g/mol. The summed E-state index contributed by atoms with van der Waals surface area (Å²) in [5.41, 5.74) is 2.20. The molecular weight excluding hydrogens is 391 g/mol. The van der Waals surface area contributed by atoms with Gasteiger partial charge in [0.2, 0.25) is 0 Å². The normalized spacial score (nSPS) is 11.7. The minimum absolute atomic E-state index is 0.00935. The number of phenolic OH excluding ortho intramolecular Hbond substituents is 1. The second-order valence-electron chi connectivity index (χ2n) is 6.98. The predicted octanol–water partition coefficient (Wildman–Crippen LogP) is 5.36. The lowest BCUT2D eigenvalue weighted by Gasteiger charge is -2.29. The van der Waals surface area contributed by atoms with Gasteiger partial charge in [-0.1, -0.05) is 13.8 Å². The summed E-state index contributed by atoms with van der Waals surface area (Å²) in [4.78, 5) is 6.01. The van der Waals surface area contributed by atoms with Crippen molar-refractivity contribution in [3.63, 3.8) is 0 Å². The quantitative estimate of drug-likeness (QED) is 0.489. The predicted molar refractivity (Wildman–Crippen MR) is 115 cm³/mol. The Kier molecular flexibility index (Phi) is 8.50. The van der Waals surface area contributed by atoms with Crippen molar-refractivity contribution in [2.45, 2.75) is 34.1 Å². The van der Waals surface area contributed by atoms with E-state index >= 15 is 0 Å². The molecule has 0 bridgehead atoms. The van der Waals surface area contributed by atoms with Crippen LogP contribution in [0.4, 0.5) is 11.4 Å². The second-order valence-corrected chi connectivity index (χ2v) is 9.00. The maximum absolute atomic E-state index is 13.3. The summed E-state index contributed by atoms with van der Waals surface area (Å²) in [5.74, 6) is 0.814. The molecule has 0 fully saturated rings. The number of hydrogen-bond donors (Lipinski definition) is 1. The summed E-state index contributed by atoms with van der Waals surface area (Å²) in [6, 6.07) is 7.28. The molecule has 1 heterocycles. The van der Waals surface area contributed by atoms with Crippen LogP contribution in [-0.4, -0.2) is 36.7 Å². The van der Waals surface area contributed by atoms with Gasteiger partial charge in [-0.15, -0.1) is 0 Å². The van der Waals surface area contributed by atoms with E-state index in [9.17, 15) is 9.67 Å². The highest BCUT2D eigenvalue weighted by Gasteiger charge is 2.29. The van der Waals surface area contributed by atoms with Crippen LogP contribution >= 0.6 is 7.60 Å². The van der Waals surface area contributed by atoms with Crippen LogP contribution in [0.5, 0.6) is 11.5 Å². The van der Waals surface area contributed by atoms with Crippen molar-refractivity contribution in [3.05, 3.63) is 42.2 Å². The fourth-order valence-corrected chi connectivity index (χ4v) is 4.77. The molecule has 0 aliphatic carbocycles. The molecule has 0 unspecified atom stereocenters. The first kappa shape index (κ1) is 23.2. The first-order valence-electron chi connectivity index (χ1n) is 9.79. The van der Waals surface area contributed by atoms with Gasteiger partial charge in [0.05, 0.1) is 32.2 Å². The Morgan fingerprint density at radius 2 is 1.86 bits per heavy atom. The van der Waals surface area contributed by atoms with E-state index < -0.39 is 7.60 Å². The lowest BCUT2D eigenvalue weighted by atomic mass is 10.0. The highest BCUT2D eigenvalue weighted by molar-refractivity contribution is 7.54. The number of aromatic hydroxyl groups is 1. The number of methoxy groups -OCH3 is 1. The van der Waals surface area contributed by atoms with Crippen molar-refractivity contribution in [1.82, 2.24) is 4.98 Å². The van der Waals surface area contributed by atoms with E-state index in [2.05, 4.69) is 18.8 Å². The molecule has 0 aliphatic rings. The molecule has 0 radical (unpaired) electrons. The number of benzene rings is 1. The highest BCUT2D eigenvalue weighted by atomic mass is 31.2. The maximum atomic E-state index is 13.3. The molecule has 7 nitrogen and oxygen atoms in total. The first-order chi connectivity index (χ1) is 13.8. The van der Waals surface area contributed by atoms with Crippen LogP contribution in [0.25, 0.3) is 0 Å². The van der Waals surface area contributed by atoms with Crippen LogP contribution in [0, 0.1) is 5.92 Å². The van der Waals surface area contributed by atoms with E-state index in [1.807, 2.05) is 17.0 Å². The molecule has 0 amide bonds. The Hall–Kier alpha value is -2.08. The summed E-state index contributed by atoms with van der Waals surface area (Å²) >= 11 is 0. The number of anilines is 2. The van der Waals surface area contributed by atoms with Crippen molar-refractivity contribution < 1.29 is 23.5 Å². The van der Waals surface area contributed by atoms with E-state index in [0.717, 1.165) is 11.3 Å². The highest BCUT2D eigenvalue weighted by Crippen LogP contribution is 2.51. The van der Waals surface area contributed by atoms with Crippen LogP contribution in [0.1, 0.15) is 33.3 Å². The molecule has 8 heteroatoms. The SMILES string of the molecule is CCOP(=O)(CN(c1cccnc1)c1cc(CC(C)C)c(O)c(OC)c1)OCC. The number of hydrogen-bond acceptors (Lipinski definition) is 7. The van der Waals surface area contributed by atoms with Crippen LogP contribution in [0.2, 0.25) is 0 Å². The van der Waals surface area contributed by atoms with E-state index in [0.29, 0.717) is 23.8 Å². The molecule has 0 saturated carbocycles. The van der Waals surface area contributed by atoms with Crippen molar-refractivity contribution in [2.24, 2.45) is 5.92 Å². The lowest BCUT2D eigenvalue weighted by molar-refractivity contribution is 0.220. The van der Waals surface area contributed by atoms with Gasteiger partial charge in [0.1, 0.15) is 6.29 Å². The molecule has 1 aromatic heterocycles. The van der Waals surface area contributed by atoms with Gasteiger partial charge < -0.3 is 23.8 Å². The molecule has 1 N–H and O–H groups in total. The smallest absolute Gasteiger partial charge is 0.350 e. The van der Waals surface area contributed by atoms with Gasteiger partial charge in [0, 0.05) is 23.5 Å². The van der Waals surface area contributed by atoms with Crippen molar-refractivity contribution in [1.29, 1.82) is 0 Å². The summed E-state index contributed by atoms with van der Waals surface area (Å²) < 4.78 is 29.7. The fourth-order valence-electron chi connectivity index (χ4n) is 3.07. The summed E-state index contributed by atoms with van der Waals surface area (Å²) in [7, 11) is -1.88. The number of rotatable bonds is 11. The lowest BCUT2D eigenvalue weighted by Crippen LogP contribution is -2.21. The Labute approximate surface area is 173 Å². The number of ether oxygens (including phenoxy) is 1. The minimum atomic E-state index is -3.39. The number of pyridine rings is 1. The van der Waals surface area contributed by atoms with Crippen LogP contribution in [0.3, 0.4) is 0 Å². The Morgan fingerprint density at radius 1 is 1.17 bits per heavy atom. The molecule has 160 valence electrons. The Balaban J connectivity index is 2.58. The third-order valence-corrected chi connectivity index (χ3v) is 6.15. The van der Waals surface area contributed by atoms with Gasteiger partial charge in [-0.25, -0.2) is 0 Å². The standard InChI is InChI=1S/C21H31N2O5P/c1-6-27-29(25,28-7-2)15-23(18-9-8-10-22-14-18)19-12-17(11-16(3)4)21(24)20(13-19)26-5/h8-10,12-14,16,24H,6-7,11,15H2,1-5H3. The van der Waals surface area contributed by atoms with Crippen LogP contribution < -0.4 is 9.64 Å². The molecular formula is C21H31N2O5P. The summed E-state index contributed by atoms with van der Waals surface area (Å²) in [6.07, 6.45) is 4.04. The third-order valence-electron chi connectivity index (χ3n) is 4.22. The zero-order valence-corrected chi connectivity index (χ0v) is 18.7. The molecule has 0 aliphatic heterocycles. The van der Waals surface area contributed by atoms with Gasteiger partial charge in [-0.2, -0.15) is 0 Å². The van der Waals surface area contributed by atoms with Gasteiger partial charge in [0.25, 0.3) is 0 Å². The number of nitrogens with zero attached hydrogens (tertiary/aromatic N) is 2. The van der Waals surface area contributed by atoms with E-state index in [1.54, 1.807) is 38.4 Å². The Morgan fingerprint density at radius 3 is 2.38 bits per heavy atom. The van der Waals surface area contributed by atoms with Crippen LogP contribution in [-0.2, 0) is 20.0 Å². The van der Waals surface area contributed by atoms with Gasteiger partial charge in [0.15, 0.2) is 11.5 Å². The van der Waals surface area contributed by atoms with Gasteiger partial charge in [-0.3, -0.25) is 9.55 Å². The zero-order chi connectivity index (χ0) is 21.4. The molecule has 0 atom stereocenters. The van der Waals surface area contributed by atoms with Crippen LogP contribution in [0.15, 0.2) is 36.7 Å². The second kappa shape index (κ2) is 10.6. The minimum Gasteiger partial charge on any atom is -0.504 e. The van der Waals surface area contributed by atoms with E-state index in [4.69, 9.17) is 13.8 Å². The van der Waals surface area contributed by atoms with Crippen molar-refractivity contribution >= 4 is 19.0 Å².